The van der Waals surface area contributed by atoms with Crippen molar-refractivity contribution in [3.63, 3.8) is 0 Å². The zero-order valence-electron chi connectivity index (χ0n) is 5.57. The molecule has 0 aliphatic heterocycles. The van der Waals surface area contributed by atoms with E-state index in [2.05, 4.69) is 0 Å². The summed E-state index contributed by atoms with van der Waals surface area (Å²) in [4.78, 5) is 20.3. The molecule has 0 saturated carbocycles. The van der Waals surface area contributed by atoms with Crippen molar-refractivity contribution < 1.29 is 19.9 Å². The number of carbonyl (C=O) groups excluding carboxylic acids is 1. The maximum absolute atomic E-state index is 10.2. The van der Waals surface area contributed by atoms with E-state index in [9.17, 15) is 9.59 Å². The van der Waals surface area contributed by atoms with E-state index in [1.807, 2.05) is 5.32 Å². The van der Waals surface area contributed by atoms with Gasteiger partial charge in [-0.15, -0.1) is 0 Å². The van der Waals surface area contributed by atoms with Gasteiger partial charge < -0.3 is 16.2 Å². The van der Waals surface area contributed by atoms with E-state index in [0.29, 0.717) is 0 Å². The Morgan fingerprint density at radius 1 is 1.55 bits per heavy atom. The molecule has 1 unspecified atom stereocenters. The second-order valence-electron chi connectivity index (χ2n) is 1.77. The molecule has 7 nitrogen and oxygen atoms in total. The molecule has 0 aliphatic carbocycles. The number of hydrogen-bond donors (Lipinski definition) is 5. The highest BCUT2D eigenvalue weighted by atomic mass is 16.5. The van der Waals surface area contributed by atoms with Crippen molar-refractivity contribution in [2.24, 2.45) is 5.73 Å². The minimum atomic E-state index is -1.22. The highest BCUT2D eigenvalue weighted by Crippen LogP contribution is 1.74. The Bertz CT molecular complexity index is 159. The molecule has 0 aromatic rings. The van der Waals surface area contributed by atoms with E-state index >= 15 is 0 Å². The monoisotopic (exact) mass is 163 g/mol. The third-order valence-electron chi connectivity index (χ3n) is 0.901. The van der Waals surface area contributed by atoms with E-state index in [1.54, 1.807) is 0 Å². The quantitative estimate of drug-likeness (QED) is 0.245. The third-order valence-corrected chi connectivity index (χ3v) is 0.901. The van der Waals surface area contributed by atoms with Gasteiger partial charge in [-0.25, -0.2) is 10.3 Å². The fourth-order valence-electron chi connectivity index (χ4n) is 0.329. The van der Waals surface area contributed by atoms with Crippen molar-refractivity contribution >= 4 is 12.0 Å². The number of hydroxylamine groups is 1. The van der Waals surface area contributed by atoms with Crippen LogP contribution in [0.15, 0.2) is 0 Å². The molecule has 0 radical (unpaired) electrons. The number of urea groups is 1. The van der Waals surface area contributed by atoms with Crippen LogP contribution in [0, 0.1) is 0 Å². The van der Waals surface area contributed by atoms with Crippen LogP contribution >= 0.6 is 0 Å². The molecule has 11 heavy (non-hydrogen) atoms. The summed E-state index contributed by atoms with van der Waals surface area (Å²) in [5, 5.41) is 18.2. The molecule has 0 bridgehead atoms. The topological polar surface area (TPSA) is 125 Å². The summed E-state index contributed by atoms with van der Waals surface area (Å²) in [6.45, 7) is -0.234. The van der Waals surface area contributed by atoms with E-state index in [0.717, 1.165) is 0 Å². The van der Waals surface area contributed by atoms with E-state index in [1.165, 1.54) is 5.48 Å². The minimum absolute atomic E-state index is 0.234. The summed E-state index contributed by atoms with van der Waals surface area (Å²) < 4.78 is 0. The summed E-state index contributed by atoms with van der Waals surface area (Å²) >= 11 is 0. The maximum Gasteiger partial charge on any atom is 0.338 e. The molecule has 1 atom stereocenters. The SMILES string of the molecule is NC(CNC(=O)NO)C(=O)O. The first-order valence-corrected chi connectivity index (χ1v) is 2.74. The zero-order chi connectivity index (χ0) is 8.85. The predicted molar refractivity (Wildman–Crippen MR) is 33.9 cm³/mol. The molecular weight excluding hydrogens is 154 g/mol. The molecule has 0 aromatic carbocycles. The molecule has 6 N–H and O–H groups in total. The first-order chi connectivity index (χ1) is 5.07. The number of nitrogens with one attached hydrogen (secondary N) is 2. The lowest BCUT2D eigenvalue weighted by atomic mass is 10.3. The van der Waals surface area contributed by atoms with E-state index < -0.39 is 18.0 Å². The molecule has 0 spiro atoms. The molecule has 7 heteroatoms. The van der Waals surface area contributed by atoms with E-state index in [-0.39, 0.29) is 6.54 Å². The number of amides is 2. The largest absolute Gasteiger partial charge is 0.480 e. The lowest BCUT2D eigenvalue weighted by molar-refractivity contribution is -0.138. The molecule has 0 heterocycles. The average Bonchev–Trinajstić information content (AvgIpc) is 1.99. The van der Waals surface area contributed by atoms with Gasteiger partial charge in [-0.05, 0) is 0 Å². The molecule has 0 rings (SSSR count). The molecule has 0 aliphatic rings. The van der Waals surface area contributed by atoms with Gasteiger partial charge in [-0.1, -0.05) is 0 Å². The number of aliphatic carboxylic acids is 1. The van der Waals surface area contributed by atoms with Crippen molar-refractivity contribution in [1.82, 2.24) is 10.8 Å². The van der Waals surface area contributed by atoms with Crippen molar-refractivity contribution in [3.8, 4) is 0 Å². The molecule has 0 saturated heterocycles. The van der Waals surface area contributed by atoms with Crippen LogP contribution in [0.3, 0.4) is 0 Å². The fourth-order valence-corrected chi connectivity index (χ4v) is 0.329. The summed E-state index contributed by atoms with van der Waals surface area (Å²) in [5.74, 6) is -1.22. The van der Waals surface area contributed by atoms with Gasteiger partial charge in [0, 0.05) is 6.54 Å². The zero-order valence-corrected chi connectivity index (χ0v) is 5.57. The van der Waals surface area contributed by atoms with Crippen LogP contribution in [-0.2, 0) is 4.79 Å². The van der Waals surface area contributed by atoms with Crippen LogP contribution in [0.4, 0.5) is 4.79 Å². The van der Waals surface area contributed by atoms with Gasteiger partial charge >= 0.3 is 12.0 Å². The predicted octanol–water partition coefficient (Wildman–Crippen LogP) is -1.91. The summed E-state index contributed by atoms with van der Waals surface area (Å²) in [6, 6.07) is -2.05. The van der Waals surface area contributed by atoms with Crippen molar-refractivity contribution in [2.75, 3.05) is 6.54 Å². The molecular formula is C4H9N3O4. The van der Waals surface area contributed by atoms with Crippen LogP contribution < -0.4 is 16.5 Å². The van der Waals surface area contributed by atoms with Crippen LogP contribution in [0.5, 0.6) is 0 Å². The number of carboxylic acid groups (broad SMARTS) is 1. The third kappa shape index (κ3) is 4.12. The summed E-state index contributed by atoms with van der Waals surface area (Å²) in [6.07, 6.45) is 0. The number of nitrogens with two attached hydrogens (primary N) is 1. The van der Waals surface area contributed by atoms with Gasteiger partial charge in [0.1, 0.15) is 6.04 Å². The molecule has 64 valence electrons. The van der Waals surface area contributed by atoms with Gasteiger partial charge in [-0.2, -0.15) is 0 Å². The number of carboxylic acids is 1. The molecule has 0 fully saturated rings. The van der Waals surface area contributed by atoms with Crippen molar-refractivity contribution in [3.05, 3.63) is 0 Å². The average molecular weight is 163 g/mol. The lowest BCUT2D eigenvalue weighted by Crippen LogP contribution is -2.45. The molecule has 2 amide bonds. The van der Waals surface area contributed by atoms with Crippen LogP contribution in [0.2, 0.25) is 0 Å². The number of carbonyl (C=O) groups is 2. The van der Waals surface area contributed by atoms with Crippen molar-refractivity contribution in [1.29, 1.82) is 0 Å². The van der Waals surface area contributed by atoms with Crippen molar-refractivity contribution in [2.45, 2.75) is 6.04 Å². The Morgan fingerprint density at radius 2 is 2.09 bits per heavy atom. The van der Waals surface area contributed by atoms with Gasteiger partial charge in [0.05, 0.1) is 0 Å². The van der Waals surface area contributed by atoms with E-state index in [4.69, 9.17) is 16.0 Å². The number of rotatable bonds is 3. The smallest absolute Gasteiger partial charge is 0.338 e. The highest BCUT2D eigenvalue weighted by molar-refractivity contribution is 5.76. The Balaban J connectivity index is 3.54. The first kappa shape index (κ1) is 9.66. The normalized spacial score (nSPS) is 11.8. The Labute approximate surface area is 62.1 Å². The first-order valence-electron chi connectivity index (χ1n) is 2.74. The lowest BCUT2D eigenvalue weighted by Gasteiger charge is -2.06. The maximum atomic E-state index is 10.2. The van der Waals surface area contributed by atoms with Gasteiger partial charge in [-0.3, -0.25) is 10.0 Å². The summed E-state index contributed by atoms with van der Waals surface area (Å²) in [7, 11) is 0. The highest BCUT2D eigenvalue weighted by Gasteiger charge is 2.11. The Morgan fingerprint density at radius 3 is 2.45 bits per heavy atom. The van der Waals surface area contributed by atoms with Crippen LogP contribution in [0.25, 0.3) is 0 Å². The Hall–Kier alpha value is -1.34. The van der Waals surface area contributed by atoms with Gasteiger partial charge in [0.25, 0.3) is 0 Å². The van der Waals surface area contributed by atoms with Gasteiger partial charge in [0.2, 0.25) is 0 Å². The second kappa shape index (κ2) is 4.47. The van der Waals surface area contributed by atoms with Crippen LogP contribution in [-0.4, -0.2) is 34.9 Å². The minimum Gasteiger partial charge on any atom is -0.480 e. The standard InChI is InChI=1S/C4H9N3O4/c5-2(3(8)9)1-6-4(10)7-11/h2,11H,1,5H2,(H,8,9)(H2,6,7,10). The summed E-state index contributed by atoms with van der Waals surface area (Å²) in [5.41, 5.74) is 6.26. The molecule has 0 aromatic heterocycles. The second-order valence-corrected chi connectivity index (χ2v) is 1.77. The van der Waals surface area contributed by atoms with Crippen LogP contribution in [0.1, 0.15) is 0 Å². The number of hydrogen-bond acceptors (Lipinski definition) is 4. The fraction of sp³-hybridized carbons (Fsp3) is 0.500. The van der Waals surface area contributed by atoms with Gasteiger partial charge in [0.15, 0.2) is 0 Å². The Kier molecular flexibility index (Phi) is 3.93.